The summed E-state index contributed by atoms with van der Waals surface area (Å²) in [6, 6.07) is 16.5. The molecule has 84 valence electrons. The lowest BCUT2D eigenvalue weighted by molar-refractivity contribution is 0.0993. The summed E-state index contributed by atoms with van der Waals surface area (Å²) >= 11 is 0. The van der Waals surface area contributed by atoms with Crippen molar-refractivity contribution in [1.82, 2.24) is 0 Å². The van der Waals surface area contributed by atoms with Crippen LogP contribution in [0.4, 0.5) is 5.69 Å². The molecule has 2 radical (unpaired) electrons. The molecular weight excluding hydrogens is 210 g/mol. The maximum Gasteiger partial charge on any atom is 0.258 e. The van der Waals surface area contributed by atoms with Crippen LogP contribution in [0.1, 0.15) is 15.9 Å². The molecular formula is C15H13NO. The van der Waals surface area contributed by atoms with Crippen LogP contribution in [-0.2, 0) is 0 Å². The van der Waals surface area contributed by atoms with E-state index in [4.69, 9.17) is 6.92 Å². The van der Waals surface area contributed by atoms with Crippen LogP contribution in [0, 0.1) is 6.92 Å². The van der Waals surface area contributed by atoms with Gasteiger partial charge in [0.1, 0.15) is 0 Å². The highest BCUT2D eigenvalue weighted by Gasteiger charge is 2.12. The Labute approximate surface area is 102 Å². The molecule has 0 heterocycles. The first-order chi connectivity index (χ1) is 8.18. The summed E-state index contributed by atoms with van der Waals surface area (Å²) in [5.74, 6) is -0.0662. The quantitative estimate of drug-likeness (QED) is 0.766. The van der Waals surface area contributed by atoms with Crippen molar-refractivity contribution < 1.29 is 4.79 Å². The van der Waals surface area contributed by atoms with Gasteiger partial charge in [-0.3, -0.25) is 4.79 Å². The minimum absolute atomic E-state index is 0.0662. The Morgan fingerprint density at radius 2 is 1.76 bits per heavy atom. The molecule has 17 heavy (non-hydrogen) atoms. The van der Waals surface area contributed by atoms with Gasteiger partial charge in [0.15, 0.2) is 0 Å². The van der Waals surface area contributed by atoms with Crippen molar-refractivity contribution in [3.8, 4) is 0 Å². The van der Waals surface area contributed by atoms with Crippen molar-refractivity contribution in [3.63, 3.8) is 0 Å². The number of benzene rings is 2. The van der Waals surface area contributed by atoms with Gasteiger partial charge in [0.2, 0.25) is 0 Å². The Kier molecular flexibility index (Phi) is 3.24. The second-order valence-corrected chi connectivity index (χ2v) is 3.83. The van der Waals surface area contributed by atoms with Crippen LogP contribution in [0.3, 0.4) is 0 Å². The van der Waals surface area contributed by atoms with Crippen molar-refractivity contribution in [2.75, 3.05) is 11.9 Å². The van der Waals surface area contributed by atoms with Gasteiger partial charge in [-0.05, 0) is 36.8 Å². The molecule has 0 saturated heterocycles. The largest absolute Gasteiger partial charge is 0.311 e. The van der Waals surface area contributed by atoms with Gasteiger partial charge in [-0.25, -0.2) is 0 Å². The lowest BCUT2D eigenvalue weighted by Crippen LogP contribution is -2.26. The van der Waals surface area contributed by atoms with E-state index < -0.39 is 0 Å². The molecule has 0 bridgehead atoms. The Bertz CT molecular complexity index is 519. The van der Waals surface area contributed by atoms with E-state index in [0.717, 1.165) is 5.69 Å². The molecule has 0 aliphatic carbocycles. The lowest BCUT2D eigenvalue weighted by atomic mass is 10.1. The smallest absolute Gasteiger partial charge is 0.258 e. The Hall–Kier alpha value is -2.09. The molecule has 0 spiro atoms. The Balaban J connectivity index is 2.27. The highest BCUT2D eigenvalue weighted by Crippen LogP contribution is 2.15. The minimum atomic E-state index is -0.0662. The Morgan fingerprint density at radius 3 is 2.41 bits per heavy atom. The molecule has 2 nitrogen and oxygen atoms in total. The third-order valence-electron chi connectivity index (χ3n) is 2.58. The molecule has 0 aromatic heterocycles. The summed E-state index contributed by atoms with van der Waals surface area (Å²) in [6.07, 6.45) is 0. The second-order valence-electron chi connectivity index (χ2n) is 3.83. The molecule has 0 saturated carbocycles. The average molecular weight is 223 g/mol. The number of amides is 1. The van der Waals surface area contributed by atoms with Gasteiger partial charge in [0.05, 0.1) is 0 Å². The fourth-order valence-corrected chi connectivity index (χ4v) is 1.63. The Morgan fingerprint density at radius 1 is 1.06 bits per heavy atom. The summed E-state index contributed by atoms with van der Waals surface area (Å²) in [5.41, 5.74) is 2.05. The van der Waals surface area contributed by atoms with E-state index in [0.29, 0.717) is 11.1 Å². The van der Waals surface area contributed by atoms with Gasteiger partial charge in [-0.15, -0.1) is 0 Å². The number of para-hydroxylation sites is 1. The van der Waals surface area contributed by atoms with Crippen LogP contribution < -0.4 is 4.90 Å². The first kappa shape index (κ1) is 11.4. The lowest BCUT2D eigenvalue weighted by Gasteiger charge is -2.17. The van der Waals surface area contributed by atoms with Gasteiger partial charge in [-0.1, -0.05) is 30.3 Å². The maximum absolute atomic E-state index is 12.2. The normalized spacial score (nSPS) is 10.0. The van der Waals surface area contributed by atoms with Gasteiger partial charge < -0.3 is 4.90 Å². The molecule has 0 aliphatic heterocycles. The molecule has 0 fully saturated rings. The molecule has 1 amide bonds. The van der Waals surface area contributed by atoms with E-state index in [1.165, 1.54) is 0 Å². The fraction of sp³-hybridized carbons (Fsp3) is 0.0667. The van der Waals surface area contributed by atoms with Gasteiger partial charge in [0, 0.05) is 18.3 Å². The zero-order chi connectivity index (χ0) is 12.3. The first-order valence-corrected chi connectivity index (χ1v) is 5.37. The van der Waals surface area contributed by atoms with E-state index in [9.17, 15) is 4.79 Å². The summed E-state index contributed by atoms with van der Waals surface area (Å²) in [6.45, 7) is 5.66. The predicted octanol–water partition coefficient (Wildman–Crippen LogP) is 3.02. The third kappa shape index (κ3) is 2.53. The molecule has 2 aromatic rings. The fourth-order valence-electron chi connectivity index (χ4n) is 1.63. The molecule has 2 heteroatoms. The maximum atomic E-state index is 12.2. The molecule has 2 aromatic carbocycles. The van der Waals surface area contributed by atoms with E-state index in [-0.39, 0.29) is 5.91 Å². The van der Waals surface area contributed by atoms with Crippen LogP contribution in [0.25, 0.3) is 0 Å². The zero-order valence-electron chi connectivity index (χ0n) is 9.63. The van der Waals surface area contributed by atoms with Crippen LogP contribution in [0.2, 0.25) is 0 Å². The zero-order valence-corrected chi connectivity index (χ0v) is 9.63. The third-order valence-corrected chi connectivity index (χ3v) is 2.58. The average Bonchev–Trinajstić information content (AvgIpc) is 2.38. The second kappa shape index (κ2) is 4.83. The molecule has 0 unspecified atom stereocenters. The van der Waals surface area contributed by atoms with Crippen LogP contribution in [-0.4, -0.2) is 13.0 Å². The van der Waals surface area contributed by atoms with Gasteiger partial charge >= 0.3 is 0 Å². The van der Waals surface area contributed by atoms with Crippen molar-refractivity contribution >= 4 is 11.6 Å². The molecule has 0 atom stereocenters. The topological polar surface area (TPSA) is 20.3 Å². The summed E-state index contributed by atoms with van der Waals surface area (Å²) in [5, 5.41) is 0. The summed E-state index contributed by atoms with van der Waals surface area (Å²) < 4.78 is 0. The van der Waals surface area contributed by atoms with Gasteiger partial charge in [0.25, 0.3) is 5.91 Å². The number of carbonyl (C=O) groups excluding carboxylic acids is 1. The van der Waals surface area contributed by atoms with E-state index >= 15 is 0 Å². The van der Waals surface area contributed by atoms with Crippen molar-refractivity contribution in [1.29, 1.82) is 0 Å². The number of hydrogen-bond donors (Lipinski definition) is 0. The number of nitrogens with zero attached hydrogens (tertiary/aromatic N) is 1. The standard InChI is InChI=1S/C15H13NO/c1-12-7-6-8-13(11-12)15(17)16(2)14-9-4-3-5-10-14/h1,3-11H,2H3. The number of anilines is 1. The number of hydrogen-bond acceptors (Lipinski definition) is 1. The molecule has 2 rings (SSSR count). The highest BCUT2D eigenvalue weighted by molar-refractivity contribution is 6.05. The minimum Gasteiger partial charge on any atom is -0.311 e. The van der Waals surface area contributed by atoms with Crippen molar-refractivity contribution in [2.24, 2.45) is 0 Å². The number of rotatable bonds is 2. The monoisotopic (exact) mass is 223 g/mol. The van der Waals surface area contributed by atoms with Crippen molar-refractivity contribution in [2.45, 2.75) is 0 Å². The van der Waals surface area contributed by atoms with Crippen molar-refractivity contribution in [3.05, 3.63) is 72.6 Å². The van der Waals surface area contributed by atoms with E-state index in [1.54, 1.807) is 36.2 Å². The molecule has 0 aliphatic rings. The summed E-state index contributed by atoms with van der Waals surface area (Å²) in [4.78, 5) is 13.8. The first-order valence-electron chi connectivity index (χ1n) is 5.37. The van der Waals surface area contributed by atoms with Crippen LogP contribution in [0.5, 0.6) is 0 Å². The predicted molar refractivity (Wildman–Crippen MR) is 69.0 cm³/mol. The molecule has 0 N–H and O–H groups in total. The number of carbonyl (C=O) groups is 1. The van der Waals surface area contributed by atoms with E-state index in [1.807, 2.05) is 30.3 Å². The van der Waals surface area contributed by atoms with Gasteiger partial charge in [-0.2, -0.15) is 0 Å². The summed E-state index contributed by atoms with van der Waals surface area (Å²) in [7, 11) is 1.75. The van der Waals surface area contributed by atoms with Crippen LogP contribution >= 0.6 is 0 Å². The van der Waals surface area contributed by atoms with E-state index in [2.05, 4.69) is 0 Å². The highest BCUT2D eigenvalue weighted by atomic mass is 16.2. The van der Waals surface area contributed by atoms with Crippen LogP contribution in [0.15, 0.2) is 54.6 Å². The SMILES string of the molecule is [CH]c1cccc(C(=O)N(C)c2ccccc2)c1.